The van der Waals surface area contributed by atoms with Crippen molar-refractivity contribution in [2.75, 3.05) is 31.1 Å². The number of nitrogens with one attached hydrogen (secondary N) is 1. The van der Waals surface area contributed by atoms with Gasteiger partial charge < -0.3 is 20.9 Å². The number of carbonyl (C=O) groups is 2. The largest absolute Gasteiger partial charge is 0.416 e. The lowest BCUT2D eigenvalue weighted by molar-refractivity contribution is -0.137. The highest BCUT2D eigenvalue weighted by molar-refractivity contribution is 5.86. The Labute approximate surface area is 189 Å². The van der Waals surface area contributed by atoms with Gasteiger partial charge in [-0.1, -0.05) is 12.1 Å². The number of benzene rings is 2. The second-order valence-electron chi connectivity index (χ2n) is 8.21. The number of anilines is 1. The number of alkyl halides is 3. The third-order valence-electron chi connectivity index (χ3n) is 5.38. The molecule has 1 fully saturated rings. The summed E-state index contributed by atoms with van der Waals surface area (Å²) in [6.45, 7) is 2.35. The summed E-state index contributed by atoms with van der Waals surface area (Å²) in [4.78, 5) is 28.6. The lowest BCUT2D eigenvalue weighted by Gasteiger charge is -2.26. The molecule has 1 heterocycles. The van der Waals surface area contributed by atoms with E-state index in [2.05, 4.69) is 5.32 Å². The Kier molecular flexibility index (Phi) is 7.57. The summed E-state index contributed by atoms with van der Waals surface area (Å²) in [6, 6.07) is 9.35. The van der Waals surface area contributed by atoms with Crippen molar-refractivity contribution in [3.63, 3.8) is 0 Å². The fourth-order valence-electron chi connectivity index (χ4n) is 3.69. The van der Waals surface area contributed by atoms with Crippen molar-refractivity contribution >= 4 is 17.5 Å². The van der Waals surface area contributed by atoms with Crippen LogP contribution < -0.4 is 16.0 Å². The molecule has 0 aromatic heterocycles. The molecule has 3 N–H and O–H groups in total. The first-order valence-corrected chi connectivity index (χ1v) is 10.5. The van der Waals surface area contributed by atoms with Crippen molar-refractivity contribution in [1.82, 2.24) is 10.2 Å². The van der Waals surface area contributed by atoms with E-state index in [9.17, 15) is 27.2 Å². The van der Waals surface area contributed by atoms with Crippen LogP contribution in [0.3, 0.4) is 0 Å². The first-order chi connectivity index (χ1) is 15.5. The van der Waals surface area contributed by atoms with Gasteiger partial charge in [-0.3, -0.25) is 9.59 Å². The van der Waals surface area contributed by atoms with Gasteiger partial charge in [-0.2, -0.15) is 13.2 Å². The van der Waals surface area contributed by atoms with Crippen LogP contribution in [0.2, 0.25) is 0 Å². The Morgan fingerprint density at radius 1 is 1.18 bits per heavy atom. The standard InChI is InChI=1S/C23H26F4N4O2/c1-15-3-2-4-20(7-15)31(14-22(33)30-6-5-19(28)12-30)13-21(32)29-11-16-8-17(23(25,26)27)10-18(24)9-16/h2-4,7-10,19H,5-6,11-14,28H2,1H3,(H,29,32). The van der Waals surface area contributed by atoms with E-state index in [0.29, 0.717) is 31.3 Å². The van der Waals surface area contributed by atoms with Gasteiger partial charge in [0.25, 0.3) is 0 Å². The maximum Gasteiger partial charge on any atom is 0.416 e. The van der Waals surface area contributed by atoms with Gasteiger partial charge in [-0.25, -0.2) is 4.39 Å². The van der Waals surface area contributed by atoms with Crippen LogP contribution in [-0.2, 0) is 22.3 Å². The maximum absolute atomic E-state index is 13.6. The molecule has 0 bridgehead atoms. The molecule has 1 atom stereocenters. The van der Waals surface area contributed by atoms with Crippen LogP contribution in [0, 0.1) is 12.7 Å². The predicted octanol–water partition coefficient (Wildman–Crippen LogP) is 2.84. The van der Waals surface area contributed by atoms with Crippen molar-refractivity contribution in [3.05, 3.63) is 65.0 Å². The molecule has 2 amide bonds. The van der Waals surface area contributed by atoms with Gasteiger partial charge in [0.1, 0.15) is 5.82 Å². The highest BCUT2D eigenvalue weighted by Gasteiger charge is 2.31. The molecule has 0 aliphatic carbocycles. The van der Waals surface area contributed by atoms with Crippen molar-refractivity contribution < 1.29 is 27.2 Å². The number of likely N-dealkylation sites (tertiary alicyclic amines) is 1. The molecule has 2 aromatic carbocycles. The molecule has 1 unspecified atom stereocenters. The van der Waals surface area contributed by atoms with Gasteiger partial charge in [0, 0.05) is 31.4 Å². The number of hydrogen-bond donors (Lipinski definition) is 2. The molecule has 3 rings (SSSR count). The number of aryl methyl sites for hydroxylation is 1. The van der Waals surface area contributed by atoms with E-state index in [1.54, 1.807) is 21.9 Å². The van der Waals surface area contributed by atoms with Gasteiger partial charge in [0.05, 0.1) is 18.7 Å². The van der Waals surface area contributed by atoms with Crippen molar-refractivity contribution in [3.8, 4) is 0 Å². The Morgan fingerprint density at radius 2 is 1.94 bits per heavy atom. The Balaban J connectivity index is 1.68. The lowest BCUT2D eigenvalue weighted by Crippen LogP contribution is -2.44. The van der Waals surface area contributed by atoms with Crippen LogP contribution in [0.1, 0.15) is 23.1 Å². The third-order valence-corrected chi connectivity index (χ3v) is 5.38. The van der Waals surface area contributed by atoms with Crippen molar-refractivity contribution in [2.24, 2.45) is 5.73 Å². The van der Waals surface area contributed by atoms with Gasteiger partial charge in [0.2, 0.25) is 11.8 Å². The van der Waals surface area contributed by atoms with E-state index in [0.717, 1.165) is 17.7 Å². The van der Waals surface area contributed by atoms with E-state index in [-0.39, 0.29) is 37.1 Å². The Morgan fingerprint density at radius 3 is 2.58 bits per heavy atom. The maximum atomic E-state index is 13.6. The number of nitrogens with zero attached hydrogens (tertiary/aromatic N) is 2. The lowest BCUT2D eigenvalue weighted by atomic mass is 10.1. The zero-order valence-corrected chi connectivity index (χ0v) is 18.2. The number of hydrogen-bond acceptors (Lipinski definition) is 4. The summed E-state index contributed by atoms with van der Waals surface area (Å²) < 4.78 is 52.3. The van der Waals surface area contributed by atoms with Crippen LogP contribution in [0.25, 0.3) is 0 Å². The molecule has 2 aromatic rings. The average Bonchev–Trinajstić information content (AvgIpc) is 3.17. The van der Waals surface area contributed by atoms with Gasteiger partial charge in [-0.15, -0.1) is 0 Å². The summed E-state index contributed by atoms with van der Waals surface area (Å²) in [6.07, 6.45) is -3.98. The monoisotopic (exact) mass is 466 g/mol. The first kappa shape index (κ1) is 24.5. The van der Waals surface area contributed by atoms with E-state index < -0.39 is 23.5 Å². The molecule has 1 aliphatic heterocycles. The van der Waals surface area contributed by atoms with E-state index in [1.165, 1.54) is 0 Å². The fourth-order valence-corrected chi connectivity index (χ4v) is 3.69. The summed E-state index contributed by atoms with van der Waals surface area (Å²) >= 11 is 0. The molecule has 33 heavy (non-hydrogen) atoms. The minimum Gasteiger partial charge on any atom is -0.353 e. The van der Waals surface area contributed by atoms with Crippen LogP contribution in [0.4, 0.5) is 23.2 Å². The molecule has 0 saturated carbocycles. The van der Waals surface area contributed by atoms with Crippen LogP contribution in [0.5, 0.6) is 0 Å². The van der Waals surface area contributed by atoms with Crippen LogP contribution in [0.15, 0.2) is 42.5 Å². The highest BCUT2D eigenvalue weighted by atomic mass is 19.4. The van der Waals surface area contributed by atoms with Crippen LogP contribution in [-0.4, -0.2) is 48.9 Å². The summed E-state index contributed by atoms with van der Waals surface area (Å²) in [5, 5.41) is 2.51. The molecule has 10 heteroatoms. The Hall–Kier alpha value is -3.14. The van der Waals surface area contributed by atoms with Crippen molar-refractivity contribution in [1.29, 1.82) is 0 Å². The molecular weight excluding hydrogens is 440 g/mol. The average molecular weight is 466 g/mol. The third kappa shape index (κ3) is 6.92. The van der Waals surface area contributed by atoms with Gasteiger partial charge in [0.15, 0.2) is 0 Å². The Bertz CT molecular complexity index is 1010. The molecule has 178 valence electrons. The second-order valence-corrected chi connectivity index (χ2v) is 8.21. The second kappa shape index (κ2) is 10.2. The zero-order chi connectivity index (χ0) is 24.2. The fraction of sp³-hybridized carbons (Fsp3) is 0.391. The summed E-state index contributed by atoms with van der Waals surface area (Å²) in [7, 11) is 0. The van der Waals surface area contributed by atoms with Crippen LogP contribution >= 0.6 is 0 Å². The van der Waals surface area contributed by atoms with E-state index in [4.69, 9.17) is 5.73 Å². The number of nitrogens with two attached hydrogens (primary N) is 1. The van der Waals surface area contributed by atoms with E-state index >= 15 is 0 Å². The normalized spacial score (nSPS) is 16.1. The smallest absolute Gasteiger partial charge is 0.353 e. The minimum absolute atomic E-state index is 0.0140. The highest BCUT2D eigenvalue weighted by Crippen LogP contribution is 2.30. The number of rotatable bonds is 7. The molecule has 0 spiro atoms. The number of amides is 2. The molecule has 6 nitrogen and oxygen atoms in total. The van der Waals surface area contributed by atoms with Gasteiger partial charge >= 0.3 is 6.18 Å². The SMILES string of the molecule is Cc1cccc(N(CC(=O)NCc2cc(F)cc(C(F)(F)F)c2)CC(=O)N2CCC(N)C2)c1. The van der Waals surface area contributed by atoms with E-state index in [1.807, 2.05) is 19.1 Å². The molecule has 0 radical (unpaired) electrons. The quantitative estimate of drug-likeness (QED) is 0.616. The number of halogens is 4. The molecular formula is C23H26F4N4O2. The topological polar surface area (TPSA) is 78.7 Å². The number of carbonyl (C=O) groups excluding carboxylic acids is 2. The first-order valence-electron chi connectivity index (χ1n) is 10.5. The summed E-state index contributed by atoms with van der Waals surface area (Å²) in [5.41, 5.74) is 6.34. The minimum atomic E-state index is -4.69. The van der Waals surface area contributed by atoms with Crippen molar-refractivity contribution in [2.45, 2.75) is 32.1 Å². The summed E-state index contributed by atoms with van der Waals surface area (Å²) in [5.74, 6) is -1.72. The molecule has 1 saturated heterocycles. The predicted molar refractivity (Wildman–Crippen MR) is 116 cm³/mol. The van der Waals surface area contributed by atoms with Gasteiger partial charge in [-0.05, 0) is 54.8 Å². The molecule has 1 aliphatic rings. The zero-order valence-electron chi connectivity index (χ0n) is 18.2.